The third-order valence-electron chi connectivity index (χ3n) is 15.7. The standard InChI is InChI=1S/C24H21F2N3O3.C19H19BrN2O3.C11H8F2O4.C7H9N.C6H7BrN2/c1-15-7-10-20(28-21(15)27-14-16-5-3-2-4-6-16)29-22(30)23(11-12-23)17-8-9-18-19(13-17)32-24(25,26)31-18;1-11-4-7-15(21-16(11)20)22-17(23)19(8-9-19)12-5-6-13-14(10-12)25-18(2,3)24-13;12-11(13)16-7-2-1-6(5-8(7)17-11)10(3-4-10)9(14)15;8-6-7-4-2-1-3-5-7;1-4-2-3-5(8)9-6(4)7/h2-10,13H,11-12,14H2,1H3,(H2,27,28,29,30);4-7,10H,8-9H2,1-3H3,(H,21,22,23);1-2,5H,3-4H2,(H,14,15);1-5H,6,8H2;2-3H,1H3,(H2,8,9). The number of ether oxygens (including phenoxy) is 6. The minimum atomic E-state index is -3.69. The van der Waals surface area contributed by atoms with E-state index in [0.717, 1.165) is 49.9 Å². The monoisotopic (exact) mass is 1370 g/mol. The smallest absolute Gasteiger partial charge is 0.481 e. The first kappa shape index (κ1) is 65.0. The van der Waals surface area contributed by atoms with Crippen LogP contribution >= 0.6 is 31.9 Å². The lowest BCUT2D eigenvalue weighted by Gasteiger charge is -2.17. The Morgan fingerprint density at radius 1 is 0.505 bits per heavy atom. The van der Waals surface area contributed by atoms with Crippen molar-refractivity contribution >= 4 is 72.9 Å². The number of amides is 2. The molecule has 0 bridgehead atoms. The Morgan fingerprint density at radius 2 is 0.901 bits per heavy atom. The van der Waals surface area contributed by atoms with Gasteiger partial charge in [-0.15, -0.1) is 17.6 Å². The normalized spacial score (nSPS) is 17.0. The van der Waals surface area contributed by atoms with Crippen molar-refractivity contribution < 1.29 is 65.5 Å². The highest BCUT2D eigenvalue weighted by atomic mass is 79.9. The first-order valence-corrected chi connectivity index (χ1v) is 30.5. The average Bonchev–Trinajstić information content (AvgIpc) is 1.77. The number of nitrogens with one attached hydrogen (secondary N) is 3. The number of aromatic nitrogens is 3. The molecule has 0 atom stereocenters. The number of rotatable bonds is 12. The van der Waals surface area contributed by atoms with Crippen LogP contribution in [-0.2, 0) is 43.7 Å². The van der Waals surface area contributed by atoms with E-state index in [0.29, 0.717) is 84.7 Å². The number of benzene rings is 5. The first-order chi connectivity index (χ1) is 43.2. The molecule has 8 N–H and O–H groups in total. The van der Waals surface area contributed by atoms with Gasteiger partial charge in [0.25, 0.3) is 0 Å². The number of fused-ring (bicyclic) bond motifs is 3. The number of carboxylic acid groups (broad SMARTS) is 1. The van der Waals surface area contributed by atoms with Crippen LogP contribution in [0.1, 0.15) is 96.9 Å². The highest BCUT2D eigenvalue weighted by Gasteiger charge is 2.55. The van der Waals surface area contributed by atoms with E-state index in [9.17, 15) is 31.9 Å². The summed E-state index contributed by atoms with van der Waals surface area (Å²) in [7, 11) is 0. The molecule has 3 aliphatic carbocycles. The molecule has 24 heteroatoms. The number of hydrogen-bond acceptors (Lipinski definition) is 15. The number of nitrogen functional groups attached to an aromatic ring is 1. The quantitative estimate of drug-likeness (QED) is 0.0491. The molecule has 6 heterocycles. The molecule has 6 aliphatic rings. The zero-order chi connectivity index (χ0) is 65.1. The largest absolute Gasteiger partial charge is 0.586 e. The maximum absolute atomic E-state index is 13.3. The van der Waals surface area contributed by atoms with Gasteiger partial charge in [-0.1, -0.05) is 97.1 Å². The average molecular weight is 1380 g/mol. The van der Waals surface area contributed by atoms with Gasteiger partial charge in [0.15, 0.2) is 34.5 Å². The molecule has 0 unspecified atom stereocenters. The molecular formula is C67H64Br2F4N8O10. The highest BCUT2D eigenvalue weighted by Crippen LogP contribution is 2.55. The number of nitrogens with two attached hydrogens (primary N) is 2. The Labute approximate surface area is 538 Å². The minimum Gasteiger partial charge on any atom is -0.481 e. The Bertz CT molecular complexity index is 4030. The third kappa shape index (κ3) is 15.4. The van der Waals surface area contributed by atoms with E-state index in [4.69, 9.17) is 26.0 Å². The van der Waals surface area contributed by atoms with Crippen molar-refractivity contribution in [1.82, 2.24) is 15.0 Å². The van der Waals surface area contributed by atoms with Crippen LogP contribution in [-0.4, -0.2) is 56.2 Å². The first-order valence-electron chi connectivity index (χ1n) is 28.9. The molecule has 0 saturated heterocycles. The zero-order valence-corrected chi connectivity index (χ0v) is 53.1. The van der Waals surface area contributed by atoms with Crippen molar-refractivity contribution in [2.24, 2.45) is 5.73 Å². The van der Waals surface area contributed by atoms with E-state index >= 15 is 0 Å². The van der Waals surface area contributed by atoms with Crippen molar-refractivity contribution in [3.05, 3.63) is 205 Å². The predicted octanol–water partition coefficient (Wildman–Crippen LogP) is 14.3. The number of carboxylic acids is 1. The van der Waals surface area contributed by atoms with E-state index in [1.54, 1.807) is 18.2 Å². The molecule has 8 aromatic rings. The molecule has 14 rings (SSSR count). The summed E-state index contributed by atoms with van der Waals surface area (Å²) in [6.07, 6.45) is -3.48. The second-order valence-electron chi connectivity index (χ2n) is 22.9. The zero-order valence-electron chi connectivity index (χ0n) is 50.0. The number of carbonyl (C=O) groups is 3. The van der Waals surface area contributed by atoms with E-state index in [-0.39, 0.29) is 34.8 Å². The van der Waals surface area contributed by atoms with E-state index in [1.165, 1.54) is 35.9 Å². The molecule has 3 saturated carbocycles. The van der Waals surface area contributed by atoms with Gasteiger partial charge in [0.1, 0.15) is 32.5 Å². The Hall–Kier alpha value is -9.00. The molecule has 91 heavy (non-hydrogen) atoms. The molecule has 2 amide bonds. The van der Waals surface area contributed by atoms with Crippen LogP contribution in [0.15, 0.2) is 161 Å². The number of aryl methyl sites for hydroxylation is 3. The SMILES string of the molecule is Cc1ccc(N)nc1Br.Cc1ccc(NC(=O)C2(c3ccc4c(c3)OC(C)(C)O4)CC2)nc1Br.Cc1ccc(NC(=O)C2(c3ccc4c(c3)OC(F)(F)O4)CC2)nc1NCc1ccccc1.NCc1ccccc1.O=C(O)C1(c2ccc3c(c2)OC(F)(F)O3)CC1. The van der Waals surface area contributed by atoms with Gasteiger partial charge in [-0.05, 0) is 190 Å². The van der Waals surface area contributed by atoms with Gasteiger partial charge in [-0.2, -0.15) is 0 Å². The lowest BCUT2D eigenvalue weighted by molar-refractivity contribution is -0.287. The molecule has 0 radical (unpaired) electrons. The second-order valence-corrected chi connectivity index (χ2v) is 24.4. The fourth-order valence-corrected chi connectivity index (χ4v) is 10.7. The van der Waals surface area contributed by atoms with Crippen LogP contribution in [0.25, 0.3) is 0 Å². The van der Waals surface area contributed by atoms with Gasteiger partial charge in [-0.25, -0.2) is 15.0 Å². The number of halogens is 6. The van der Waals surface area contributed by atoms with Gasteiger partial charge in [0.2, 0.25) is 17.6 Å². The fourth-order valence-electron chi connectivity index (χ4n) is 10.0. The van der Waals surface area contributed by atoms with E-state index in [1.807, 2.05) is 138 Å². The minimum absolute atomic E-state index is 0.0334. The fraction of sp³-hybridized carbons (Fsp3) is 0.284. The number of hydrogen-bond donors (Lipinski definition) is 6. The summed E-state index contributed by atoms with van der Waals surface area (Å²) in [6, 6.07) is 45.4. The van der Waals surface area contributed by atoms with Gasteiger partial charge < -0.3 is 60.9 Å². The Balaban J connectivity index is 0.000000136. The number of carbonyl (C=O) groups excluding carboxylic acids is 2. The topological polar surface area (TPSA) is 254 Å². The molecule has 474 valence electrons. The molecule has 5 aromatic carbocycles. The van der Waals surface area contributed by atoms with Crippen molar-refractivity contribution in [2.45, 2.75) is 121 Å². The van der Waals surface area contributed by atoms with Crippen LogP contribution < -0.4 is 55.8 Å². The number of nitrogens with zero attached hydrogens (tertiary/aromatic N) is 3. The van der Waals surface area contributed by atoms with Crippen molar-refractivity contribution in [2.75, 3.05) is 21.7 Å². The molecule has 3 fully saturated rings. The summed E-state index contributed by atoms with van der Waals surface area (Å²) < 4.78 is 82.8. The summed E-state index contributed by atoms with van der Waals surface area (Å²) in [4.78, 5) is 50.0. The van der Waals surface area contributed by atoms with Crippen molar-refractivity contribution in [1.29, 1.82) is 0 Å². The number of aliphatic carboxylic acids is 1. The molecule has 18 nitrogen and oxygen atoms in total. The lowest BCUT2D eigenvalue weighted by atomic mass is 9.94. The van der Waals surface area contributed by atoms with Gasteiger partial charge in [0, 0.05) is 26.9 Å². The summed E-state index contributed by atoms with van der Waals surface area (Å²) in [5, 5.41) is 18.2. The van der Waals surface area contributed by atoms with Crippen molar-refractivity contribution in [3.63, 3.8) is 0 Å². The highest BCUT2D eigenvalue weighted by molar-refractivity contribution is 9.10. The van der Waals surface area contributed by atoms with Crippen LogP contribution in [0.2, 0.25) is 0 Å². The van der Waals surface area contributed by atoms with Gasteiger partial charge >= 0.3 is 18.6 Å². The molecular weight excluding hydrogens is 1310 g/mol. The summed E-state index contributed by atoms with van der Waals surface area (Å²) >= 11 is 6.65. The Kier molecular flexibility index (Phi) is 18.6. The van der Waals surface area contributed by atoms with Crippen LogP contribution in [0, 0.1) is 20.8 Å². The summed E-state index contributed by atoms with van der Waals surface area (Å²) in [5.41, 5.74) is 15.9. The third-order valence-corrected chi connectivity index (χ3v) is 17.3. The van der Waals surface area contributed by atoms with Gasteiger partial charge in [-0.3, -0.25) is 14.4 Å². The summed E-state index contributed by atoms with van der Waals surface area (Å²) in [5.74, 6) is 1.46. The maximum atomic E-state index is 13.3. The number of pyridine rings is 3. The van der Waals surface area contributed by atoms with Crippen LogP contribution in [0.3, 0.4) is 0 Å². The maximum Gasteiger partial charge on any atom is 0.586 e. The van der Waals surface area contributed by atoms with Crippen LogP contribution in [0.5, 0.6) is 34.5 Å². The van der Waals surface area contributed by atoms with Gasteiger partial charge in [0.05, 0.1) is 16.2 Å². The number of alkyl halides is 4. The molecule has 3 aliphatic heterocycles. The van der Waals surface area contributed by atoms with Crippen molar-refractivity contribution in [3.8, 4) is 34.5 Å². The predicted molar refractivity (Wildman–Crippen MR) is 340 cm³/mol. The summed E-state index contributed by atoms with van der Waals surface area (Å²) in [6.45, 7) is 10.9. The lowest BCUT2D eigenvalue weighted by Crippen LogP contribution is -2.29. The van der Waals surface area contributed by atoms with E-state index in [2.05, 4.69) is 81.7 Å². The molecule has 0 spiro atoms. The van der Waals surface area contributed by atoms with Crippen LogP contribution in [0.4, 0.5) is 40.8 Å². The molecule has 3 aromatic heterocycles. The second kappa shape index (κ2) is 26.1. The van der Waals surface area contributed by atoms with E-state index < -0.39 is 40.6 Å². The number of anilines is 4. The Morgan fingerprint density at radius 3 is 1.33 bits per heavy atom.